The molecule has 1 saturated heterocycles. The number of benzene rings is 2. The average Bonchev–Trinajstić information content (AvgIpc) is 2.91. The van der Waals surface area contributed by atoms with E-state index in [0.717, 1.165) is 17.3 Å². The number of anilines is 1. The molecule has 0 saturated carbocycles. The maximum atomic E-state index is 13.4. The molecule has 134 valence electrons. The molecule has 0 aliphatic carbocycles. The average molecular weight is 410 g/mol. The van der Waals surface area contributed by atoms with Crippen LogP contribution in [0, 0.1) is 5.82 Å². The summed E-state index contributed by atoms with van der Waals surface area (Å²) in [6.45, 7) is 0. The Morgan fingerprint density at radius 1 is 1.15 bits per heavy atom. The minimum atomic E-state index is -0.554. The van der Waals surface area contributed by atoms with Crippen molar-refractivity contribution in [1.82, 2.24) is 0 Å². The number of hydrogen-bond acceptors (Lipinski definition) is 5. The van der Waals surface area contributed by atoms with Crippen molar-refractivity contribution < 1.29 is 18.7 Å². The minimum absolute atomic E-state index is 0.0691. The molecular formula is C18H13ClFNO3S2. The summed E-state index contributed by atoms with van der Waals surface area (Å²) >= 11 is 12.3. The van der Waals surface area contributed by atoms with Crippen molar-refractivity contribution in [3.63, 3.8) is 0 Å². The van der Waals surface area contributed by atoms with Crippen LogP contribution < -0.4 is 14.4 Å². The van der Waals surface area contributed by atoms with E-state index in [-0.39, 0.29) is 10.9 Å². The van der Waals surface area contributed by atoms with E-state index in [2.05, 4.69) is 0 Å². The second-order valence-electron chi connectivity index (χ2n) is 5.23. The van der Waals surface area contributed by atoms with E-state index in [9.17, 15) is 9.18 Å². The van der Waals surface area contributed by atoms with Crippen LogP contribution >= 0.6 is 35.6 Å². The van der Waals surface area contributed by atoms with Crippen LogP contribution in [-0.2, 0) is 4.79 Å². The quantitative estimate of drug-likeness (QED) is 0.530. The summed E-state index contributed by atoms with van der Waals surface area (Å²) in [4.78, 5) is 14.5. The van der Waals surface area contributed by atoms with Gasteiger partial charge in [0.1, 0.15) is 5.82 Å². The SMILES string of the molecule is COc1ccc(/C=C2/SC(=S)N(c3ccc(F)c(Cl)c3)C2=O)cc1OC. The predicted octanol–water partition coefficient (Wildman–Crippen LogP) is 4.90. The van der Waals surface area contributed by atoms with Gasteiger partial charge in [-0.2, -0.15) is 0 Å². The molecule has 8 heteroatoms. The highest BCUT2D eigenvalue weighted by Gasteiger charge is 2.33. The molecule has 1 heterocycles. The number of thioether (sulfide) groups is 1. The fourth-order valence-corrected chi connectivity index (χ4v) is 3.88. The molecular weight excluding hydrogens is 397 g/mol. The van der Waals surface area contributed by atoms with E-state index >= 15 is 0 Å². The summed E-state index contributed by atoms with van der Waals surface area (Å²) < 4.78 is 24.2. The van der Waals surface area contributed by atoms with Crippen LogP contribution in [0.25, 0.3) is 6.08 Å². The lowest BCUT2D eigenvalue weighted by atomic mass is 10.2. The fraction of sp³-hybridized carbons (Fsp3) is 0.111. The second kappa shape index (κ2) is 7.65. The van der Waals surface area contributed by atoms with E-state index in [1.807, 2.05) is 6.07 Å². The summed E-state index contributed by atoms with van der Waals surface area (Å²) in [7, 11) is 3.09. The highest BCUT2D eigenvalue weighted by atomic mass is 35.5. The molecule has 0 radical (unpaired) electrons. The Morgan fingerprint density at radius 3 is 2.54 bits per heavy atom. The van der Waals surface area contributed by atoms with Crippen molar-refractivity contribution in [2.45, 2.75) is 0 Å². The lowest BCUT2D eigenvalue weighted by molar-refractivity contribution is -0.113. The van der Waals surface area contributed by atoms with E-state index in [1.54, 1.807) is 32.4 Å². The van der Waals surface area contributed by atoms with Crippen LogP contribution in [0.15, 0.2) is 41.3 Å². The zero-order valence-corrected chi connectivity index (χ0v) is 16.2. The van der Waals surface area contributed by atoms with E-state index in [1.165, 1.54) is 23.1 Å². The van der Waals surface area contributed by atoms with Gasteiger partial charge in [0.05, 0.1) is 29.8 Å². The number of amides is 1. The van der Waals surface area contributed by atoms with Crippen molar-refractivity contribution in [3.05, 3.63) is 57.7 Å². The first-order chi connectivity index (χ1) is 12.4. The van der Waals surface area contributed by atoms with Crippen molar-refractivity contribution in [1.29, 1.82) is 0 Å². The monoisotopic (exact) mass is 409 g/mol. The number of rotatable bonds is 4. The Hall–Kier alpha value is -2.09. The zero-order chi connectivity index (χ0) is 18.8. The Balaban J connectivity index is 1.93. The van der Waals surface area contributed by atoms with Crippen LogP contribution in [0.5, 0.6) is 11.5 Å². The third-order valence-electron chi connectivity index (χ3n) is 3.66. The van der Waals surface area contributed by atoms with Gasteiger partial charge in [-0.15, -0.1) is 0 Å². The number of halogens is 2. The molecule has 2 aromatic rings. The van der Waals surface area contributed by atoms with Crippen molar-refractivity contribution in [2.75, 3.05) is 19.1 Å². The molecule has 26 heavy (non-hydrogen) atoms. The molecule has 0 N–H and O–H groups in total. The Morgan fingerprint density at radius 2 is 1.88 bits per heavy atom. The van der Waals surface area contributed by atoms with E-state index in [4.69, 9.17) is 33.3 Å². The molecule has 1 aliphatic heterocycles. The third kappa shape index (κ3) is 3.56. The number of hydrogen-bond donors (Lipinski definition) is 0. The highest BCUT2D eigenvalue weighted by Crippen LogP contribution is 2.38. The number of ether oxygens (including phenoxy) is 2. The van der Waals surface area contributed by atoms with Gasteiger partial charge in [-0.1, -0.05) is 41.6 Å². The largest absolute Gasteiger partial charge is 0.493 e. The molecule has 0 atom stereocenters. The van der Waals surface area contributed by atoms with Gasteiger partial charge in [0.25, 0.3) is 5.91 Å². The van der Waals surface area contributed by atoms with Gasteiger partial charge in [0, 0.05) is 0 Å². The molecule has 1 amide bonds. The van der Waals surface area contributed by atoms with Crippen LogP contribution in [0.3, 0.4) is 0 Å². The number of carbonyl (C=O) groups excluding carboxylic acids is 1. The fourth-order valence-electron chi connectivity index (χ4n) is 2.41. The lowest BCUT2D eigenvalue weighted by Gasteiger charge is -2.14. The van der Waals surface area contributed by atoms with Gasteiger partial charge in [-0.3, -0.25) is 9.69 Å². The molecule has 0 unspecified atom stereocenters. The third-order valence-corrected chi connectivity index (χ3v) is 5.25. The van der Waals surface area contributed by atoms with Gasteiger partial charge >= 0.3 is 0 Å². The number of nitrogens with zero attached hydrogens (tertiary/aromatic N) is 1. The maximum absolute atomic E-state index is 13.4. The predicted molar refractivity (Wildman–Crippen MR) is 107 cm³/mol. The molecule has 0 aromatic heterocycles. The molecule has 2 aromatic carbocycles. The van der Waals surface area contributed by atoms with Crippen molar-refractivity contribution in [2.24, 2.45) is 0 Å². The molecule has 4 nitrogen and oxygen atoms in total. The first kappa shape index (κ1) is 18.7. The van der Waals surface area contributed by atoms with Crippen LogP contribution in [0.4, 0.5) is 10.1 Å². The van der Waals surface area contributed by atoms with E-state index < -0.39 is 5.82 Å². The van der Waals surface area contributed by atoms with Gasteiger partial charge in [0.15, 0.2) is 15.8 Å². The molecule has 1 fully saturated rings. The molecule has 0 spiro atoms. The minimum Gasteiger partial charge on any atom is -0.493 e. The van der Waals surface area contributed by atoms with Gasteiger partial charge in [-0.05, 0) is 42.0 Å². The first-order valence-corrected chi connectivity index (χ1v) is 9.00. The van der Waals surface area contributed by atoms with Crippen LogP contribution in [0.2, 0.25) is 5.02 Å². The smallest absolute Gasteiger partial charge is 0.270 e. The maximum Gasteiger partial charge on any atom is 0.270 e. The highest BCUT2D eigenvalue weighted by molar-refractivity contribution is 8.27. The zero-order valence-electron chi connectivity index (χ0n) is 13.8. The number of carbonyl (C=O) groups is 1. The number of thiocarbonyl (C=S) groups is 1. The number of methoxy groups -OCH3 is 2. The van der Waals surface area contributed by atoms with E-state index in [0.29, 0.717) is 26.4 Å². The molecule has 3 rings (SSSR count). The normalized spacial score (nSPS) is 15.7. The van der Waals surface area contributed by atoms with Gasteiger partial charge in [-0.25, -0.2) is 4.39 Å². The van der Waals surface area contributed by atoms with Crippen molar-refractivity contribution in [3.8, 4) is 11.5 Å². The summed E-state index contributed by atoms with van der Waals surface area (Å²) in [6.07, 6.45) is 1.71. The molecule has 1 aliphatic rings. The lowest BCUT2D eigenvalue weighted by Crippen LogP contribution is -2.27. The Labute approximate surface area is 164 Å². The van der Waals surface area contributed by atoms with Crippen LogP contribution in [0.1, 0.15) is 5.56 Å². The van der Waals surface area contributed by atoms with Gasteiger partial charge in [0.2, 0.25) is 0 Å². The summed E-state index contributed by atoms with van der Waals surface area (Å²) in [6, 6.07) is 9.37. The summed E-state index contributed by atoms with van der Waals surface area (Å²) in [5, 5.41) is -0.0691. The van der Waals surface area contributed by atoms with Gasteiger partial charge < -0.3 is 9.47 Å². The Bertz CT molecular complexity index is 933. The summed E-state index contributed by atoms with van der Waals surface area (Å²) in [5.41, 5.74) is 1.19. The second-order valence-corrected chi connectivity index (χ2v) is 7.31. The molecule has 0 bridgehead atoms. The standard InChI is InChI=1S/C18H13ClFNO3S2/c1-23-14-6-3-10(7-15(14)24-2)8-16-17(22)21(18(25)26-16)11-4-5-13(20)12(19)9-11/h3-9H,1-2H3/b16-8+. The Kier molecular flexibility index (Phi) is 5.50. The first-order valence-electron chi connectivity index (χ1n) is 7.39. The van der Waals surface area contributed by atoms with Crippen LogP contribution in [-0.4, -0.2) is 24.4 Å². The summed E-state index contributed by atoms with van der Waals surface area (Å²) in [5.74, 6) is 0.305. The topological polar surface area (TPSA) is 38.8 Å². The van der Waals surface area contributed by atoms with Crippen molar-refractivity contribution >= 4 is 57.6 Å².